The molecule has 1 aliphatic heterocycles. The van der Waals surface area contributed by atoms with Crippen molar-refractivity contribution in [2.75, 3.05) is 6.54 Å². The largest absolute Gasteiger partial charge is 0.300 e. The lowest BCUT2D eigenvalue weighted by molar-refractivity contribution is 0.434. The molecule has 1 atom stereocenters. The molecule has 1 N–H and O–H groups in total. The van der Waals surface area contributed by atoms with Crippen LogP contribution in [0.3, 0.4) is 0 Å². The Bertz CT molecular complexity index is 417. The van der Waals surface area contributed by atoms with Crippen LogP contribution in [0.4, 0.5) is 0 Å². The zero-order valence-electron chi connectivity index (χ0n) is 8.03. The third-order valence-corrected chi connectivity index (χ3v) is 3.13. The molecule has 0 saturated heterocycles. The number of nitrogens with one attached hydrogen (secondary N) is 1. The van der Waals surface area contributed by atoms with Crippen LogP contribution >= 0.6 is 0 Å². The highest BCUT2D eigenvalue weighted by Gasteiger charge is 2.33. The Morgan fingerprint density at radius 3 is 2.93 bits per heavy atom. The summed E-state index contributed by atoms with van der Waals surface area (Å²) in [5.74, 6) is 0. The van der Waals surface area contributed by atoms with Crippen molar-refractivity contribution in [1.82, 2.24) is 5.32 Å². The van der Waals surface area contributed by atoms with E-state index in [2.05, 4.69) is 53.9 Å². The maximum atomic E-state index is 3.58. The summed E-state index contributed by atoms with van der Waals surface area (Å²) in [6.07, 6.45) is 10.0. The summed E-state index contributed by atoms with van der Waals surface area (Å²) in [7, 11) is 0. The van der Waals surface area contributed by atoms with Crippen LogP contribution in [0.25, 0.3) is 6.08 Å². The minimum Gasteiger partial charge on any atom is -0.300 e. The van der Waals surface area contributed by atoms with Crippen molar-refractivity contribution in [1.29, 1.82) is 0 Å². The molecule has 0 saturated carbocycles. The molecule has 70 valence electrons. The van der Waals surface area contributed by atoms with E-state index in [9.17, 15) is 0 Å². The maximum absolute atomic E-state index is 3.58. The Kier molecular flexibility index (Phi) is 1.62. The normalized spacial score (nSPS) is 28.3. The molecule has 3 rings (SSSR count). The minimum atomic E-state index is 0.0886. The molecule has 1 aromatic carbocycles. The second-order valence-corrected chi connectivity index (χ2v) is 3.95. The van der Waals surface area contributed by atoms with Gasteiger partial charge in [0.2, 0.25) is 0 Å². The number of benzene rings is 1. The highest BCUT2D eigenvalue weighted by Crippen LogP contribution is 2.37. The fourth-order valence-corrected chi connectivity index (χ4v) is 2.37. The van der Waals surface area contributed by atoms with E-state index in [1.807, 2.05) is 0 Å². The van der Waals surface area contributed by atoms with Gasteiger partial charge in [-0.05, 0) is 17.5 Å². The molecule has 2 aliphatic rings. The number of fused-ring (bicyclic) bond motifs is 2. The molecule has 1 nitrogen and oxygen atoms in total. The van der Waals surface area contributed by atoms with E-state index in [0.717, 1.165) is 13.0 Å². The second kappa shape index (κ2) is 2.82. The van der Waals surface area contributed by atoms with E-state index >= 15 is 0 Å². The third-order valence-electron chi connectivity index (χ3n) is 3.13. The van der Waals surface area contributed by atoms with Crippen LogP contribution in [0, 0.1) is 0 Å². The predicted molar refractivity (Wildman–Crippen MR) is 58.9 cm³/mol. The fourth-order valence-electron chi connectivity index (χ4n) is 2.37. The lowest BCUT2D eigenvalue weighted by Gasteiger charge is -2.31. The molecule has 1 spiro atoms. The lowest BCUT2D eigenvalue weighted by atomic mass is 9.87. The van der Waals surface area contributed by atoms with E-state index in [1.54, 1.807) is 0 Å². The Morgan fingerprint density at radius 1 is 1.14 bits per heavy atom. The average Bonchev–Trinajstić information content (AvgIpc) is 2.60. The molecule has 0 amide bonds. The first kappa shape index (κ1) is 8.01. The van der Waals surface area contributed by atoms with Gasteiger partial charge in [0.05, 0.1) is 5.54 Å². The molecule has 1 unspecified atom stereocenters. The standard InChI is InChI=1S/C13H13N/c1-2-6-12-11(5-1)7-9-13(12)8-3-4-10-14-13/h1-7,9,14H,8,10H2. The van der Waals surface area contributed by atoms with Gasteiger partial charge < -0.3 is 5.32 Å². The van der Waals surface area contributed by atoms with Crippen molar-refractivity contribution in [2.45, 2.75) is 12.0 Å². The van der Waals surface area contributed by atoms with Gasteiger partial charge in [-0.3, -0.25) is 0 Å². The molecule has 0 fully saturated rings. The molecule has 0 bridgehead atoms. The summed E-state index contributed by atoms with van der Waals surface area (Å²) in [5.41, 5.74) is 2.87. The predicted octanol–water partition coefficient (Wildman–Crippen LogP) is 2.46. The van der Waals surface area contributed by atoms with Crippen LogP contribution in [0.5, 0.6) is 0 Å². The van der Waals surface area contributed by atoms with Crippen LogP contribution in [-0.4, -0.2) is 6.54 Å². The van der Waals surface area contributed by atoms with Crippen molar-refractivity contribution in [3.8, 4) is 0 Å². The van der Waals surface area contributed by atoms with Crippen LogP contribution in [0.1, 0.15) is 17.5 Å². The number of hydrogen-bond donors (Lipinski definition) is 1. The summed E-state index contributed by atoms with van der Waals surface area (Å²) in [6, 6.07) is 8.62. The van der Waals surface area contributed by atoms with E-state index in [0.29, 0.717) is 0 Å². The second-order valence-electron chi connectivity index (χ2n) is 3.95. The zero-order valence-corrected chi connectivity index (χ0v) is 8.03. The van der Waals surface area contributed by atoms with Crippen LogP contribution in [0.2, 0.25) is 0 Å². The van der Waals surface area contributed by atoms with Gasteiger partial charge in [0, 0.05) is 6.54 Å². The monoisotopic (exact) mass is 183 g/mol. The molecule has 0 radical (unpaired) electrons. The first-order valence-corrected chi connectivity index (χ1v) is 5.09. The first-order valence-electron chi connectivity index (χ1n) is 5.09. The first-order chi connectivity index (χ1) is 6.91. The van der Waals surface area contributed by atoms with E-state index in [-0.39, 0.29) is 5.54 Å². The SMILES string of the molecule is C1=CCC2(C=Cc3ccccc32)NC1. The highest BCUT2D eigenvalue weighted by atomic mass is 15.0. The van der Waals surface area contributed by atoms with Crippen molar-refractivity contribution in [3.63, 3.8) is 0 Å². The number of rotatable bonds is 0. The van der Waals surface area contributed by atoms with Crippen LogP contribution in [-0.2, 0) is 5.54 Å². The Labute approximate surface area is 84.1 Å². The van der Waals surface area contributed by atoms with Gasteiger partial charge in [0.25, 0.3) is 0 Å². The van der Waals surface area contributed by atoms with Gasteiger partial charge >= 0.3 is 0 Å². The molecule has 1 aromatic rings. The quantitative estimate of drug-likeness (QED) is 0.609. The summed E-state index contributed by atoms with van der Waals surface area (Å²) in [6.45, 7) is 0.971. The van der Waals surface area contributed by atoms with Crippen molar-refractivity contribution < 1.29 is 0 Å². The number of hydrogen-bond acceptors (Lipinski definition) is 1. The summed E-state index contributed by atoms with van der Waals surface area (Å²) in [5, 5.41) is 3.58. The molecule has 14 heavy (non-hydrogen) atoms. The van der Waals surface area contributed by atoms with Gasteiger partial charge in [-0.25, -0.2) is 0 Å². The average molecular weight is 183 g/mol. The van der Waals surface area contributed by atoms with Crippen molar-refractivity contribution in [2.24, 2.45) is 0 Å². The van der Waals surface area contributed by atoms with Crippen LogP contribution in [0.15, 0.2) is 42.5 Å². The van der Waals surface area contributed by atoms with Gasteiger partial charge in [-0.15, -0.1) is 0 Å². The smallest absolute Gasteiger partial charge is 0.0666 e. The molecule has 1 heteroatoms. The minimum absolute atomic E-state index is 0.0886. The highest BCUT2D eigenvalue weighted by molar-refractivity contribution is 5.65. The molecule has 1 heterocycles. The van der Waals surface area contributed by atoms with Gasteiger partial charge in [0.15, 0.2) is 0 Å². The Balaban J connectivity index is 2.12. The van der Waals surface area contributed by atoms with Gasteiger partial charge in [-0.1, -0.05) is 48.6 Å². The Morgan fingerprint density at radius 2 is 2.07 bits per heavy atom. The molecular formula is C13H13N. The van der Waals surface area contributed by atoms with E-state index in [1.165, 1.54) is 11.1 Å². The van der Waals surface area contributed by atoms with Crippen molar-refractivity contribution >= 4 is 6.08 Å². The van der Waals surface area contributed by atoms with Gasteiger partial charge in [-0.2, -0.15) is 0 Å². The summed E-state index contributed by atoms with van der Waals surface area (Å²) < 4.78 is 0. The lowest BCUT2D eigenvalue weighted by Crippen LogP contribution is -2.41. The van der Waals surface area contributed by atoms with Gasteiger partial charge in [0.1, 0.15) is 0 Å². The van der Waals surface area contributed by atoms with E-state index in [4.69, 9.17) is 0 Å². The van der Waals surface area contributed by atoms with Crippen molar-refractivity contribution in [3.05, 3.63) is 53.6 Å². The van der Waals surface area contributed by atoms with E-state index < -0.39 is 0 Å². The maximum Gasteiger partial charge on any atom is 0.0666 e. The van der Waals surface area contributed by atoms with Crippen LogP contribution < -0.4 is 5.32 Å². The Hall–Kier alpha value is -1.34. The summed E-state index contributed by atoms with van der Waals surface area (Å²) in [4.78, 5) is 0. The molecule has 0 aromatic heterocycles. The molecular weight excluding hydrogens is 170 g/mol. The topological polar surface area (TPSA) is 12.0 Å². The summed E-state index contributed by atoms with van der Waals surface area (Å²) >= 11 is 0. The zero-order chi connectivity index (χ0) is 9.43. The fraction of sp³-hybridized carbons (Fsp3) is 0.231. The molecule has 1 aliphatic carbocycles. The third kappa shape index (κ3) is 0.992.